The normalized spacial score (nSPS) is 15.5. The predicted octanol–water partition coefficient (Wildman–Crippen LogP) is 2.99. The molecule has 0 aliphatic carbocycles. The Bertz CT molecular complexity index is 1250. The van der Waals surface area contributed by atoms with Gasteiger partial charge in [-0.3, -0.25) is 4.90 Å². The molecule has 0 radical (unpaired) electrons. The minimum Gasteiger partial charge on any atom is -0.493 e. The molecule has 2 aromatic carbocycles. The standard InChI is InChI=1S/C22H26N4O5S2/c1-29-19-9-8-18(14-20(19)30-2)21-23-26(22(32)31-21)16-24-10-12-25(13-11-24)33(27,28)15-17-6-4-3-5-7-17/h3-9,14H,10-13,15-16H2,1-2H3. The number of ether oxygens (including phenoxy) is 2. The summed E-state index contributed by atoms with van der Waals surface area (Å²) in [6, 6.07) is 14.6. The maximum absolute atomic E-state index is 12.8. The lowest BCUT2D eigenvalue weighted by Gasteiger charge is -2.33. The Morgan fingerprint density at radius 2 is 1.70 bits per heavy atom. The molecule has 176 valence electrons. The first kappa shape index (κ1) is 23.4. The molecule has 1 fully saturated rings. The highest BCUT2D eigenvalue weighted by Crippen LogP contribution is 2.31. The third-order valence-corrected chi connectivity index (χ3v) is 7.63. The lowest BCUT2D eigenvalue weighted by atomic mass is 10.2. The molecule has 11 heteroatoms. The van der Waals surface area contributed by atoms with Gasteiger partial charge in [0.2, 0.25) is 15.9 Å². The fraction of sp³-hybridized carbons (Fsp3) is 0.364. The summed E-state index contributed by atoms with van der Waals surface area (Å²) in [5, 5.41) is 4.50. The van der Waals surface area contributed by atoms with Crippen LogP contribution >= 0.6 is 12.2 Å². The molecule has 0 amide bonds. The summed E-state index contributed by atoms with van der Waals surface area (Å²) < 4.78 is 45.0. The van der Waals surface area contributed by atoms with E-state index in [2.05, 4.69) is 10.00 Å². The van der Waals surface area contributed by atoms with E-state index in [-0.39, 0.29) is 10.6 Å². The molecule has 2 heterocycles. The molecule has 33 heavy (non-hydrogen) atoms. The molecule has 4 rings (SSSR count). The number of hydrogen-bond donors (Lipinski definition) is 0. The summed E-state index contributed by atoms with van der Waals surface area (Å²) in [4.78, 5) is 2.35. The van der Waals surface area contributed by atoms with Crippen molar-refractivity contribution in [2.45, 2.75) is 12.4 Å². The average Bonchev–Trinajstić information content (AvgIpc) is 3.19. The molecule has 1 saturated heterocycles. The van der Waals surface area contributed by atoms with Crippen molar-refractivity contribution >= 4 is 22.2 Å². The Hall–Kier alpha value is -2.73. The third-order valence-electron chi connectivity index (χ3n) is 5.49. The van der Waals surface area contributed by atoms with Crippen LogP contribution in [-0.4, -0.2) is 67.8 Å². The minimum absolute atomic E-state index is 0.0108. The summed E-state index contributed by atoms with van der Waals surface area (Å²) in [6.07, 6.45) is 0. The van der Waals surface area contributed by atoms with Crippen molar-refractivity contribution in [3.63, 3.8) is 0 Å². The predicted molar refractivity (Wildman–Crippen MR) is 126 cm³/mol. The van der Waals surface area contributed by atoms with Crippen molar-refractivity contribution in [2.75, 3.05) is 40.4 Å². The number of nitrogens with zero attached hydrogens (tertiary/aromatic N) is 4. The van der Waals surface area contributed by atoms with E-state index in [4.69, 9.17) is 26.1 Å². The van der Waals surface area contributed by atoms with Crippen LogP contribution in [-0.2, 0) is 22.4 Å². The fourth-order valence-corrected chi connectivity index (χ4v) is 5.39. The molecule has 1 aliphatic heterocycles. The van der Waals surface area contributed by atoms with Crippen molar-refractivity contribution in [3.05, 3.63) is 58.9 Å². The maximum atomic E-state index is 12.8. The van der Waals surface area contributed by atoms with Crippen LogP contribution in [0.15, 0.2) is 52.9 Å². The van der Waals surface area contributed by atoms with Gasteiger partial charge in [0.05, 0.1) is 26.6 Å². The van der Waals surface area contributed by atoms with Crippen molar-refractivity contribution in [1.29, 1.82) is 0 Å². The molecule has 0 spiro atoms. The van der Waals surface area contributed by atoms with Gasteiger partial charge < -0.3 is 13.9 Å². The Labute approximate surface area is 198 Å². The van der Waals surface area contributed by atoms with Gasteiger partial charge in [-0.25, -0.2) is 13.1 Å². The van der Waals surface area contributed by atoms with Gasteiger partial charge in [0, 0.05) is 31.7 Å². The number of rotatable bonds is 8. The van der Waals surface area contributed by atoms with Gasteiger partial charge >= 0.3 is 0 Å². The van der Waals surface area contributed by atoms with E-state index in [0.717, 1.165) is 5.56 Å². The summed E-state index contributed by atoms with van der Waals surface area (Å²) in [5.74, 6) is 1.57. The second kappa shape index (κ2) is 10.0. The zero-order valence-electron chi connectivity index (χ0n) is 18.5. The summed E-state index contributed by atoms with van der Waals surface area (Å²) in [7, 11) is -0.223. The van der Waals surface area contributed by atoms with Gasteiger partial charge in [0.25, 0.3) is 4.84 Å². The third kappa shape index (κ3) is 5.44. The van der Waals surface area contributed by atoms with Crippen LogP contribution < -0.4 is 9.47 Å². The van der Waals surface area contributed by atoms with Gasteiger partial charge in [0.1, 0.15) is 0 Å². The molecular formula is C22H26N4O5S2. The highest BCUT2D eigenvalue weighted by molar-refractivity contribution is 7.88. The first-order valence-corrected chi connectivity index (χ1v) is 12.5. The minimum atomic E-state index is -3.36. The Kier molecular flexibility index (Phi) is 7.13. The number of piperazine rings is 1. The van der Waals surface area contributed by atoms with Crippen LogP contribution in [0, 0.1) is 4.84 Å². The van der Waals surface area contributed by atoms with E-state index in [0.29, 0.717) is 55.8 Å². The van der Waals surface area contributed by atoms with E-state index in [1.165, 1.54) is 0 Å². The molecule has 0 bridgehead atoms. The second-order valence-corrected chi connectivity index (χ2v) is 9.96. The summed E-state index contributed by atoms with van der Waals surface area (Å²) in [5.41, 5.74) is 1.51. The number of hydrogen-bond acceptors (Lipinski definition) is 8. The molecule has 0 atom stereocenters. The fourth-order valence-electron chi connectivity index (χ4n) is 3.70. The zero-order chi connectivity index (χ0) is 23.4. The van der Waals surface area contributed by atoms with Gasteiger partial charge in [-0.05, 0) is 36.0 Å². The van der Waals surface area contributed by atoms with Gasteiger partial charge in [-0.15, -0.1) is 5.10 Å². The maximum Gasteiger partial charge on any atom is 0.288 e. The summed E-state index contributed by atoms with van der Waals surface area (Å²) >= 11 is 5.35. The average molecular weight is 491 g/mol. The molecule has 0 saturated carbocycles. The molecule has 0 N–H and O–H groups in total. The largest absolute Gasteiger partial charge is 0.493 e. The van der Waals surface area contributed by atoms with Crippen LogP contribution in [0.3, 0.4) is 0 Å². The van der Waals surface area contributed by atoms with Gasteiger partial charge in [-0.2, -0.15) is 4.31 Å². The Balaban J connectivity index is 1.39. The first-order chi connectivity index (χ1) is 15.9. The number of aromatic nitrogens is 2. The van der Waals surface area contributed by atoms with Crippen LogP contribution in [0.1, 0.15) is 5.56 Å². The molecule has 9 nitrogen and oxygen atoms in total. The van der Waals surface area contributed by atoms with Crippen molar-refractivity contribution in [3.8, 4) is 23.0 Å². The zero-order valence-corrected chi connectivity index (χ0v) is 20.1. The van der Waals surface area contributed by atoms with Crippen LogP contribution in [0.2, 0.25) is 0 Å². The highest BCUT2D eigenvalue weighted by Gasteiger charge is 2.27. The SMILES string of the molecule is COc1ccc(-c2nn(CN3CCN(S(=O)(=O)Cc4ccccc4)CC3)c(=S)o2)cc1OC. The monoisotopic (exact) mass is 490 g/mol. The lowest BCUT2D eigenvalue weighted by molar-refractivity contribution is 0.143. The number of benzene rings is 2. The van der Waals surface area contributed by atoms with E-state index < -0.39 is 10.0 Å². The molecule has 0 unspecified atom stereocenters. The molecule has 1 aromatic heterocycles. The Morgan fingerprint density at radius 1 is 1.00 bits per heavy atom. The quantitative estimate of drug-likeness (QED) is 0.445. The second-order valence-electron chi connectivity index (χ2n) is 7.64. The number of methoxy groups -OCH3 is 2. The van der Waals surface area contributed by atoms with Crippen LogP contribution in [0.5, 0.6) is 11.5 Å². The van der Waals surface area contributed by atoms with Crippen molar-refractivity contribution in [1.82, 2.24) is 19.0 Å². The molecule has 3 aromatic rings. The van der Waals surface area contributed by atoms with Gasteiger partial charge in [-0.1, -0.05) is 30.3 Å². The topological polar surface area (TPSA) is 90.0 Å². The summed E-state index contributed by atoms with van der Waals surface area (Å²) in [6.45, 7) is 2.41. The van der Waals surface area contributed by atoms with Crippen molar-refractivity contribution in [2.24, 2.45) is 0 Å². The van der Waals surface area contributed by atoms with E-state index in [9.17, 15) is 8.42 Å². The van der Waals surface area contributed by atoms with Crippen LogP contribution in [0.25, 0.3) is 11.5 Å². The highest BCUT2D eigenvalue weighted by atomic mass is 32.2. The molecular weight excluding hydrogens is 464 g/mol. The van der Waals surface area contributed by atoms with Gasteiger partial charge in [0.15, 0.2) is 11.5 Å². The van der Waals surface area contributed by atoms with Crippen LogP contribution in [0.4, 0.5) is 0 Å². The molecule has 1 aliphatic rings. The van der Waals surface area contributed by atoms with E-state index in [1.54, 1.807) is 35.3 Å². The van der Waals surface area contributed by atoms with E-state index >= 15 is 0 Å². The van der Waals surface area contributed by atoms with E-state index in [1.807, 2.05) is 36.4 Å². The smallest absolute Gasteiger partial charge is 0.288 e. The lowest BCUT2D eigenvalue weighted by Crippen LogP contribution is -2.49. The van der Waals surface area contributed by atoms with Crippen molar-refractivity contribution < 1.29 is 22.3 Å². The Morgan fingerprint density at radius 3 is 2.36 bits per heavy atom. The first-order valence-electron chi connectivity index (χ1n) is 10.4. The number of sulfonamides is 1.